The molecule has 30 heavy (non-hydrogen) atoms. The van der Waals surface area contributed by atoms with Crippen molar-refractivity contribution in [2.45, 2.75) is 32.7 Å². The van der Waals surface area contributed by atoms with Gasteiger partial charge in [0.15, 0.2) is 0 Å². The summed E-state index contributed by atoms with van der Waals surface area (Å²) in [6, 6.07) is 12.4. The number of rotatable bonds is 2. The number of carbonyl (C=O) groups excluding carboxylic acids is 1. The summed E-state index contributed by atoms with van der Waals surface area (Å²) < 4.78 is 0. The topological polar surface area (TPSA) is 49.3 Å². The lowest BCUT2D eigenvalue weighted by atomic mass is 9.85. The Bertz CT molecular complexity index is 1210. The number of anilines is 2. The van der Waals surface area contributed by atoms with Crippen LogP contribution in [0.2, 0.25) is 0 Å². The van der Waals surface area contributed by atoms with Crippen LogP contribution in [0.25, 0.3) is 16.8 Å². The fourth-order valence-corrected chi connectivity index (χ4v) is 4.39. The molecule has 1 amide bonds. The van der Waals surface area contributed by atoms with Crippen molar-refractivity contribution >= 4 is 23.0 Å². The first-order valence-electron chi connectivity index (χ1n) is 10.1. The third-order valence-electron chi connectivity index (χ3n) is 6.29. The first-order chi connectivity index (χ1) is 14.3. The van der Waals surface area contributed by atoms with Crippen LogP contribution in [-0.4, -0.2) is 27.8 Å². The molecule has 0 N–H and O–H groups in total. The minimum Gasteiger partial charge on any atom is -0.370 e. The van der Waals surface area contributed by atoms with E-state index in [1.54, 1.807) is 0 Å². The van der Waals surface area contributed by atoms with E-state index in [4.69, 9.17) is 0 Å². The molecule has 2 aliphatic rings. The quantitative estimate of drug-likeness (QED) is 0.623. The SMILES string of the molecule is C=C1c2cc(N3C(=O)C(C)(C)c4ccc(-c5cnc(C)nc5)cc43)ccc2CN1C. The molecule has 0 radical (unpaired) electrons. The second-order valence-corrected chi connectivity index (χ2v) is 8.66. The molecular weight excluding hydrogens is 372 g/mol. The van der Waals surface area contributed by atoms with Crippen molar-refractivity contribution in [2.24, 2.45) is 0 Å². The van der Waals surface area contributed by atoms with E-state index in [1.165, 1.54) is 5.56 Å². The Labute approximate surface area is 176 Å². The van der Waals surface area contributed by atoms with E-state index in [0.29, 0.717) is 0 Å². The standard InChI is InChI=1S/C25H24N4O/c1-15-21-11-20(8-6-18(21)14-28(15)5)29-23-10-17(19-12-26-16(2)27-13-19)7-9-22(23)25(3,4)24(29)30/h6-13H,1,14H2,2-5H3. The lowest BCUT2D eigenvalue weighted by Crippen LogP contribution is -2.33. The van der Waals surface area contributed by atoms with Gasteiger partial charge in [0.25, 0.3) is 0 Å². The Morgan fingerprint density at radius 2 is 1.77 bits per heavy atom. The Morgan fingerprint density at radius 3 is 2.50 bits per heavy atom. The summed E-state index contributed by atoms with van der Waals surface area (Å²) in [6.45, 7) is 10.9. The van der Waals surface area contributed by atoms with E-state index >= 15 is 0 Å². The largest absolute Gasteiger partial charge is 0.370 e. The van der Waals surface area contributed by atoms with Crippen LogP contribution in [0.1, 0.15) is 36.4 Å². The molecule has 1 aromatic heterocycles. The predicted octanol–water partition coefficient (Wildman–Crippen LogP) is 4.82. The summed E-state index contributed by atoms with van der Waals surface area (Å²) >= 11 is 0. The Morgan fingerprint density at radius 1 is 1.03 bits per heavy atom. The Kier molecular flexibility index (Phi) is 3.87. The lowest BCUT2D eigenvalue weighted by molar-refractivity contribution is -0.121. The van der Waals surface area contributed by atoms with Crippen molar-refractivity contribution in [1.29, 1.82) is 0 Å². The maximum atomic E-state index is 13.5. The van der Waals surface area contributed by atoms with Gasteiger partial charge < -0.3 is 4.90 Å². The zero-order valence-electron chi connectivity index (χ0n) is 17.7. The number of nitrogens with zero attached hydrogens (tertiary/aromatic N) is 4. The van der Waals surface area contributed by atoms with Gasteiger partial charge in [0, 0.05) is 48.5 Å². The molecule has 3 aromatic rings. The Hall–Kier alpha value is -3.47. The molecule has 5 rings (SSSR count). The highest BCUT2D eigenvalue weighted by molar-refractivity contribution is 6.13. The molecule has 0 saturated heterocycles. The molecule has 2 aliphatic heterocycles. The van der Waals surface area contributed by atoms with Crippen LogP contribution in [0, 0.1) is 6.92 Å². The lowest BCUT2D eigenvalue weighted by Gasteiger charge is -2.21. The van der Waals surface area contributed by atoms with Crippen molar-refractivity contribution < 1.29 is 4.79 Å². The molecule has 2 aromatic carbocycles. The van der Waals surface area contributed by atoms with Gasteiger partial charge in [-0.05, 0) is 55.7 Å². The van der Waals surface area contributed by atoms with Gasteiger partial charge in [-0.15, -0.1) is 0 Å². The number of amides is 1. The van der Waals surface area contributed by atoms with Gasteiger partial charge in [-0.25, -0.2) is 9.97 Å². The predicted molar refractivity (Wildman–Crippen MR) is 119 cm³/mol. The van der Waals surface area contributed by atoms with E-state index in [2.05, 4.69) is 45.7 Å². The minimum absolute atomic E-state index is 0.0757. The molecule has 0 unspecified atom stereocenters. The summed E-state index contributed by atoms with van der Waals surface area (Å²) in [4.78, 5) is 26.1. The van der Waals surface area contributed by atoms with Gasteiger partial charge in [-0.2, -0.15) is 0 Å². The normalized spacial score (nSPS) is 16.8. The van der Waals surface area contributed by atoms with E-state index in [-0.39, 0.29) is 5.91 Å². The molecule has 0 bridgehead atoms. The number of carbonyl (C=O) groups is 1. The summed E-state index contributed by atoms with van der Waals surface area (Å²) in [5.41, 5.74) is 7.49. The number of fused-ring (bicyclic) bond motifs is 2. The van der Waals surface area contributed by atoms with Gasteiger partial charge >= 0.3 is 0 Å². The van der Waals surface area contributed by atoms with Crippen LogP contribution in [0.4, 0.5) is 11.4 Å². The van der Waals surface area contributed by atoms with Crippen LogP contribution in [0.3, 0.4) is 0 Å². The van der Waals surface area contributed by atoms with Gasteiger partial charge in [0.05, 0.1) is 11.1 Å². The highest BCUT2D eigenvalue weighted by atomic mass is 16.2. The van der Waals surface area contributed by atoms with Crippen molar-refractivity contribution in [3.8, 4) is 11.1 Å². The first-order valence-corrected chi connectivity index (χ1v) is 10.1. The second kappa shape index (κ2) is 6.26. The van der Waals surface area contributed by atoms with E-state index in [9.17, 15) is 4.79 Å². The average Bonchev–Trinajstić information content (AvgIpc) is 3.12. The van der Waals surface area contributed by atoms with Crippen LogP contribution in [0.15, 0.2) is 55.4 Å². The molecule has 0 saturated carbocycles. The summed E-state index contributed by atoms with van der Waals surface area (Å²) in [6.07, 6.45) is 3.65. The van der Waals surface area contributed by atoms with Crippen LogP contribution in [-0.2, 0) is 16.8 Å². The van der Waals surface area contributed by atoms with Crippen LogP contribution in [0.5, 0.6) is 0 Å². The fourth-order valence-electron chi connectivity index (χ4n) is 4.39. The molecule has 0 aliphatic carbocycles. The summed E-state index contributed by atoms with van der Waals surface area (Å²) in [7, 11) is 2.04. The summed E-state index contributed by atoms with van der Waals surface area (Å²) in [5.74, 6) is 0.813. The second-order valence-electron chi connectivity index (χ2n) is 8.66. The molecule has 3 heterocycles. The van der Waals surface area contributed by atoms with Crippen molar-refractivity contribution in [2.75, 3.05) is 11.9 Å². The van der Waals surface area contributed by atoms with Crippen molar-refractivity contribution in [3.05, 3.63) is 77.9 Å². The average molecular weight is 396 g/mol. The number of benzene rings is 2. The van der Waals surface area contributed by atoms with Gasteiger partial charge in [-0.3, -0.25) is 9.69 Å². The molecule has 0 atom stereocenters. The van der Waals surface area contributed by atoms with Crippen molar-refractivity contribution in [3.63, 3.8) is 0 Å². The zero-order chi connectivity index (χ0) is 21.2. The molecule has 0 spiro atoms. The molecule has 150 valence electrons. The maximum absolute atomic E-state index is 13.5. The third kappa shape index (κ3) is 2.58. The maximum Gasteiger partial charge on any atom is 0.241 e. The van der Waals surface area contributed by atoms with Crippen LogP contribution >= 0.6 is 0 Å². The van der Waals surface area contributed by atoms with E-state index < -0.39 is 5.41 Å². The number of hydrogen-bond donors (Lipinski definition) is 0. The first kappa shape index (κ1) is 18.6. The highest BCUT2D eigenvalue weighted by Gasteiger charge is 2.44. The summed E-state index contributed by atoms with van der Waals surface area (Å²) in [5, 5.41) is 0. The fraction of sp³-hybridized carbons (Fsp3) is 0.240. The van der Waals surface area contributed by atoms with Gasteiger partial charge in [0.2, 0.25) is 5.91 Å². The number of aromatic nitrogens is 2. The van der Waals surface area contributed by atoms with Gasteiger partial charge in [-0.1, -0.05) is 24.8 Å². The minimum atomic E-state index is -0.593. The van der Waals surface area contributed by atoms with Gasteiger partial charge in [0.1, 0.15) is 5.82 Å². The molecule has 5 heteroatoms. The van der Waals surface area contributed by atoms with E-state index in [1.807, 2.05) is 57.2 Å². The smallest absolute Gasteiger partial charge is 0.241 e. The van der Waals surface area contributed by atoms with E-state index in [0.717, 1.165) is 51.7 Å². The zero-order valence-corrected chi connectivity index (χ0v) is 17.7. The monoisotopic (exact) mass is 396 g/mol. The Balaban J connectivity index is 1.65. The number of aryl methyl sites for hydroxylation is 1. The molecular formula is C25H24N4O. The molecule has 5 nitrogen and oxygen atoms in total. The van der Waals surface area contributed by atoms with Crippen molar-refractivity contribution in [1.82, 2.24) is 14.9 Å². The highest BCUT2D eigenvalue weighted by Crippen LogP contribution is 2.47. The third-order valence-corrected chi connectivity index (χ3v) is 6.29. The van der Waals surface area contributed by atoms with Crippen LogP contribution < -0.4 is 4.90 Å². The number of hydrogen-bond acceptors (Lipinski definition) is 4. The molecule has 0 fully saturated rings.